The van der Waals surface area contributed by atoms with Gasteiger partial charge in [-0.3, -0.25) is 4.90 Å². The van der Waals surface area contributed by atoms with Crippen molar-refractivity contribution >= 4 is 11.5 Å². The third kappa shape index (κ3) is 3.34. The van der Waals surface area contributed by atoms with Crippen LogP contribution >= 0.6 is 0 Å². The number of rotatable bonds is 4. The van der Waals surface area contributed by atoms with Gasteiger partial charge < -0.3 is 15.7 Å². The molecule has 18 heavy (non-hydrogen) atoms. The molecule has 0 spiro atoms. The molecule has 1 aromatic rings. The maximum Gasteiger partial charge on any atom is 0.123 e. The molecule has 5 heteroatoms. The Morgan fingerprint density at radius 1 is 1.33 bits per heavy atom. The van der Waals surface area contributed by atoms with Crippen molar-refractivity contribution < 1.29 is 5.11 Å². The van der Waals surface area contributed by atoms with Crippen LogP contribution in [0.25, 0.3) is 0 Å². The predicted molar refractivity (Wildman–Crippen MR) is 73.6 cm³/mol. The summed E-state index contributed by atoms with van der Waals surface area (Å²) in [5.74, 6) is 0.920. The molecule has 1 aliphatic rings. The van der Waals surface area contributed by atoms with Crippen molar-refractivity contribution in [3.63, 3.8) is 0 Å². The summed E-state index contributed by atoms with van der Waals surface area (Å²) in [5, 5.41) is 9.06. The van der Waals surface area contributed by atoms with Gasteiger partial charge in [-0.25, -0.2) is 4.98 Å². The van der Waals surface area contributed by atoms with Crippen LogP contribution in [0.3, 0.4) is 0 Å². The molecule has 2 heterocycles. The minimum atomic E-state index is 0.266. The number of hydrogen-bond acceptors (Lipinski definition) is 5. The number of piperazine rings is 1. The van der Waals surface area contributed by atoms with Gasteiger partial charge in [0.15, 0.2) is 0 Å². The number of aliphatic hydroxyl groups excluding tert-OH is 1. The molecule has 1 unspecified atom stereocenters. The van der Waals surface area contributed by atoms with E-state index in [0.29, 0.717) is 11.7 Å². The summed E-state index contributed by atoms with van der Waals surface area (Å²) in [4.78, 5) is 8.86. The standard InChI is InChI=1S/C13H22N4O/c1-11(10-18)9-16-4-6-17(7-5-16)12-2-3-13(14)15-8-12/h2-3,8,11,18H,4-7,9-10H2,1H3,(H2,14,15). The average molecular weight is 250 g/mol. The Balaban J connectivity index is 1.84. The maximum atomic E-state index is 9.06. The smallest absolute Gasteiger partial charge is 0.123 e. The van der Waals surface area contributed by atoms with Gasteiger partial charge in [-0.2, -0.15) is 0 Å². The van der Waals surface area contributed by atoms with E-state index in [1.165, 1.54) is 0 Å². The maximum absolute atomic E-state index is 9.06. The van der Waals surface area contributed by atoms with E-state index in [1.807, 2.05) is 18.3 Å². The Bertz CT molecular complexity index is 360. The number of pyridine rings is 1. The number of aromatic nitrogens is 1. The molecular weight excluding hydrogens is 228 g/mol. The molecule has 5 nitrogen and oxygen atoms in total. The van der Waals surface area contributed by atoms with Crippen molar-refractivity contribution in [3.8, 4) is 0 Å². The first kappa shape index (κ1) is 13.1. The molecule has 0 amide bonds. The second-order valence-electron chi connectivity index (χ2n) is 5.02. The average Bonchev–Trinajstić information content (AvgIpc) is 2.40. The minimum Gasteiger partial charge on any atom is -0.396 e. The molecule has 0 aromatic carbocycles. The summed E-state index contributed by atoms with van der Waals surface area (Å²) >= 11 is 0. The molecule has 1 atom stereocenters. The van der Waals surface area contributed by atoms with Crippen LogP contribution in [0.5, 0.6) is 0 Å². The Morgan fingerprint density at radius 2 is 2.06 bits per heavy atom. The molecule has 3 N–H and O–H groups in total. The summed E-state index contributed by atoms with van der Waals surface area (Å²) in [7, 11) is 0. The van der Waals surface area contributed by atoms with Gasteiger partial charge in [0.2, 0.25) is 0 Å². The van der Waals surface area contributed by atoms with Gasteiger partial charge in [-0.15, -0.1) is 0 Å². The first-order valence-electron chi connectivity index (χ1n) is 6.48. The second-order valence-corrected chi connectivity index (χ2v) is 5.02. The largest absolute Gasteiger partial charge is 0.396 e. The first-order chi connectivity index (χ1) is 8.69. The fraction of sp³-hybridized carbons (Fsp3) is 0.615. The zero-order valence-electron chi connectivity index (χ0n) is 10.9. The zero-order chi connectivity index (χ0) is 13.0. The Hall–Kier alpha value is -1.33. The summed E-state index contributed by atoms with van der Waals surface area (Å²) < 4.78 is 0. The molecule has 100 valence electrons. The fourth-order valence-electron chi connectivity index (χ4n) is 2.27. The Kier molecular flexibility index (Phi) is 4.38. The van der Waals surface area contributed by atoms with Crippen LogP contribution in [-0.4, -0.2) is 54.3 Å². The van der Waals surface area contributed by atoms with E-state index >= 15 is 0 Å². The lowest BCUT2D eigenvalue weighted by atomic mass is 10.1. The topological polar surface area (TPSA) is 65.6 Å². The van der Waals surface area contributed by atoms with Gasteiger partial charge in [-0.1, -0.05) is 6.92 Å². The van der Waals surface area contributed by atoms with Crippen molar-refractivity contribution in [2.75, 3.05) is 50.0 Å². The van der Waals surface area contributed by atoms with Crippen LogP contribution in [-0.2, 0) is 0 Å². The molecule has 1 saturated heterocycles. The summed E-state index contributed by atoms with van der Waals surface area (Å²) in [6.45, 7) is 7.40. The van der Waals surface area contributed by atoms with E-state index in [-0.39, 0.29) is 6.61 Å². The molecular formula is C13H22N4O. The highest BCUT2D eigenvalue weighted by atomic mass is 16.3. The summed E-state index contributed by atoms with van der Waals surface area (Å²) in [6.07, 6.45) is 1.83. The zero-order valence-corrected chi connectivity index (χ0v) is 10.9. The van der Waals surface area contributed by atoms with Gasteiger partial charge in [0.05, 0.1) is 11.9 Å². The number of anilines is 2. The molecule has 1 aromatic heterocycles. The van der Waals surface area contributed by atoms with Crippen LogP contribution < -0.4 is 10.6 Å². The van der Waals surface area contributed by atoms with Crippen LogP contribution in [0.1, 0.15) is 6.92 Å². The van der Waals surface area contributed by atoms with Gasteiger partial charge >= 0.3 is 0 Å². The number of nitrogen functional groups attached to an aromatic ring is 1. The molecule has 2 rings (SSSR count). The minimum absolute atomic E-state index is 0.266. The molecule has 1 aliphatic heterocycles. The summed E-state index contributed by atoms with van der Waals surface area (Å²) in [6, 6.07) is 3.86. The molecule has 0 radical (unpaired) electrons. The van der Waals surface area contributed by atoms with Gasteiger partial charge in [-0.05, 0) is 18.1 Å². The first-order valence-corrected chi connectivity index (χ1v) is 6.48. The van der Waals surface area contributed by atoms with Crippen molar-refractivity contribution in [1.29, 1.82) is 0 Å². The quantitative estimate of drug-likeness (QED) is 0.810. The molecule has 0 aliphatic carbocycles. The lowest BCUT2D eigenvalue weighted by Crippen LogP contribution is -2.47. The van der Waals surface area contributed by atoms with Crippen LogP contribution in [0.4, 0.5) is 11.5 Å². The lowest BCUT2D eigenvalue weighted by molar-refractivity contribution is 0.167. The van der Waals surface area contributed by atoms with E-state index in [0.717, 1.165) is 38.4 Å². The third-order valence-electron chi connectivity index (χ3n) is 3.39. The van der Waals surface area contributed by atoms with Crippen LogP contribution in [0.15, 0.2) is 18.3 Å². The van der Waals surface area contributed by atoms with E-state index in [2.05, 4.69) is 21.7 Å². The number of nitrogens with zero attached hydrogens (tertiary/aromatic N) is 3. The highest BCUT2D eigenvalue weighted by Crippen LogP contribution is 2.16. The van der Waals surface area contributed by atoms with Gasteiger partial charge in [0.25, 0.3) is 0 Å². The highest BCUT2D eigenvalue weighted by molar-refractivity contribution is 5.48. The van der Waals surface area contributed by atoms with E-state index in [4.69, 9.17) is 10.8 Å². The summed E-state index contributed by atoms with van der Waals surface area (Å²) in [5.41, 5.74) is 6.72. The number of aliphatic hydroxyl groups is 1. The van der Waals surface area contributed by atoms with Gasteiger partial charge in [0, 0.05) is 39.3 Å². The van der Waals surface area contributed by atoms with Crippen molar-refractivity contribution in [2.45, 2.75) is 6.92 Å². The van der Waals surface area contributed by atoms with Crippen LogP contribution in [0.2, 0.25) is 0 Å². The van der Waals surface area contributed by atoms with Crippen LogP contribution in [0, 0.1) is 5.92 Å². The molecule has 0 bridgehead atoms. The second kappa shape index (κ2) is 6.02. The lowest BCUT2D eigenvalue weighted by Gasteiger charge is -2.36. The monoisotopic (exact) mass is 250 g/mol. The van der Waals surface area contributed by atoms with Crippen molar-refractivity contribution in [1.82, 2.24) is 9.88 Å². The third-order valence-corrected chi connectivity index (χ3v) is 3.39. The van der Waals surface area contributed by atoms with Crippen molar-refractivity contribution in [2.24, 2.45) is 5.92 Å². The van der Waals surface area contributed by atoms with Crippen molar-refractivity contribution in [3.05, 3.63) is 18.3 Å². The van der Waals surface area contributed by atoms with E-state index in [9.17, 15) is 0 Å². The Morgan fingerprint density at radius 3 is 2.61 bits per heavy atom. The normalized spacial score (nSPS) is 18.9. The van der Waals surface area contributed by atoms with E-state index in [1.54, 1.807) is 0 Å². The number of nitrogens with two attached hydrogens (primary N) is 1. The Labute approximate surface area is 108 Å². The highest BCUT2D eigenvalue weighted by Gasteiger charge is 2.18. The number of hydrogen-bond donors (Lipinski definition) is 2. The molecule has 0 saturated carbocycles. The fourth-order valence-corrected chi connectivity index (χ4v) is 2.27. The van der Waals surface area contributed by atoms with Gasteiger partial charge in [0.1, 0.15) is 5.82 Å². The predicted octanol–water partition coefficient (Wildman–Crippen LogP) is 0.414. The van der Waals surface area contributed by atoms with E-state index < -0.39 is 0 Å². The molecule has 1 fully saturated rings. The SMILES string of the molecule is CC(CO)CN1CCN(c2ccc(N)nc2)CC1.